The standard InChI is InChI=1S/C19H22N2O3/c1-3-4-12-24-16-9-7-8-15(13-16)14-20-21-19(22)17-10-5-6-11-18(17)23-2/h5-11,13-14H,3-4,12H2,1-2H3,(H,21,22)/b20-14+. The SMILES string of the molecule is CCCCOc1cccc(/C=N/NC(=O)c2ccccc2OC)c1. The molecule has 0 saturated heterocycles. The average molecular weight is 326 g/mol. The topological polar surface area (TPSA) is 59.9 Å². The first-order valence-electron chi connectivity index (χ1n) is 7.94. The summed E-state index contributed by atoms with van der Waals surface area (Å²) in [5.74, 6) is 0.985. The van der Waals surface area contributed by atoms with Crippen molar-refractivity contribution in [2.45, 2.75) is 19.8 Å². The first-order chi connectivity index (χ1) is 11.7. The van der Waals surface area contributed by atoms with Crippen LogP contribution in [0.15, 0.2) is 53.6 Å². The molecular formula is C19H22N2O3. The Balaban J connectivity index is 1.96. The second kappa shape index (κ2) is 9.35. The van der Waals surface area contributed by atoms with Crippen molar-refractivity contribution in [3.05, 3.63) is 59.7 Å². The summed E-state index contributed by atoms with van der Waals surface area (Å²) in [6, 6.07) is 14.6. The van der Waals surface area contributed by atoms with Crippen molar-refractivity contribution in [1.29, 1.82) is 0 Å². The van der Waals surface area contributed by atoms with E-state index in [2.05, 4.69) is 17.5 Å². The van der Waals surface area contributed by atoms with Crippen molar-refractivity contribution in [3.8, 4) is 11.5 Å². The fourth-order valence-electron chi connectivity index (χ4n) is 2.08. The van der Waals surface area contributed by atoms with E-state index in [1.165, 1.54) is 7.11 Å². The Hall–Kier alpha value is -2.82. The van der Waals surface area contributed by atoms with Gasteiger partial charge in [0, 0.05) is 0 Å². The predicted molar refractivity (Wildman–Crippen MR) is 94.9 cm³/mol. The van der Waals surface area contributed by atoms with Gasteiger partial charge >= 0.3 is 0 Å². The van der Waals surface area contributed by atoms with Gasteiger partial charge in [-0.1, -0.05) is 37.6 Å². The van der Waals surface area contributed by atoms with Gasteiger partial charge in [-0.15, -0.1) is 0 Å². The van der Waals surface area contributed by atoms with Gasteiger partial charge in [0.15, 0.2) is 0 Å². The summed E-state index contributed by atoms with van der Waals surface area (Å²) in [5, 5.41) is 4.00. The molecule has 0 atom stereocenters. The van der Waals surface area contributed by atoms with E-state index in [1.807, 2.05) is 30.3 Å². The molecule has 0 fully saturated rings. The summed E-state index contributed by atoms with van der Waals surface area (Å²) >= 11 is 0. The largest absolute Gasteiger partial charge is 0.496 e. The van der Waals surface area contributed by atoms with Crippen LogP contribution in [0.4, 0.5) is 0 Å². The third-order valence-electron chi connectivity index (χ3n) is 3.36. The Morgan fingerprint density at radius 2 is 2.04 bits per heavy atom. The highest BCUT2D eigenvalue weighted by atomic mass is 16.5. The Kier molecular flexibility index (Phi) is 6.83. The Bertz CT molecular complexity index is 699. The zero-order valence-electron chi connectivity index (χ0n) is 14.0. The van der Waals surface area contributed by atoms with Gasteiger partial charge in [-0.3, -0.25) is 4.79 Å². The summed E-state index contributed by atoms with van der Waals surface area (Å²) in [4.78, 5) is 12.1. The Labute approximate surface area is 142 Å². The maximum atomic E-state index is 12.1. The molecular weight excluding hydrogens is 304 g/mol. The number of carbonyl (C=O) groups is 1. The van der Waals surface area contributed by atoms with Crippen LogP contribution in [0, 0.1) is 0 Å². The number of hydrogen-bond acceptors (Lipinski definition) is 4. The molecule has 0 heterocycles. The van der Waals surface area contributed by atoms with E-state index in [1.54, 1.807) is 24.4 Å². The molecule has 0 radical (unpaired) electrons. The third-order valence-corrected chi connectivity index (χ3v) is 3.36. The second-order valence-corrected chi connectivity index (χ2v) is 5.17. The number of amides is 1. The average Bonchev–Trinajstić information content (AvgIpc) is 2.62. The van der Waals surface area contributed by atoms with E-state index >= 15 is 0 Å². The number of carbonyl (C=O) groups excluding carboxylic acids is 1. The van der Waals surface area contributed by atoms with Crippen molar-refractivity contribution in [2.75, 3.05) is 13.7 Å². The van der Waals surface area contributed by atoms with Crippen LogP contribution in [-0.4, -0.2) is 25.8 Å². The summed E-state index contributed by atoms with van der Waals surface area (Å²) in [6.45, 7) is 2.82. The molecule has 0 aromatic heterocycles. The summed E-state index contributed by atoms with van der Waals surface area (Å²) in [7, 11) is 1.53. The van der Waals surface area contributed by atoms with Gasteiger partial charge in [0.2, 0.25) is 0 Å². The molecule has 0 saturated carbocycles. The van der Waals surface area contributed by atoms with Crippen LogP contribution in [-0.2, 0) is 0 Å². The van der Waals surface area contributed by atoms with E-state index < -0.39 is 0 Å². The molecule has 0 unspecified atom stereocenters. The normalized spacial score (nSPS) is 10.6. The molecule has 126 valence electrons. The summed E-state index contributed by atoms with van der Waals surface area (Å²) < 4.78 is 10.8. The van der Waals surface area contributed by atoms with Crippen LogP contribution >= 0.6 is 0 Å². The first-order valence-corrected chi connectivity index (χ1v) is 7.94. The molecule has 0 aliphatic carbocycles. The summed E-state index contributed by atoms with van der Waals surface area (Å²) in [6.07, 6.45) is 3.70. The number of hydrogen-bond donors (Lipinski definition) is 1. The van der Waals surface area contributed by atoms with Gasteiger partial charge < -0.3 is 9.47 Å². The van der Waals surface area contributed by atoms with Crippen LogP contribution in [0.5, 0.6) is 11.5 Å². The van der Waals surface area contributed by atoms with E-state index in [0.717, 1.165) is 24.2 Å². The van der Waals surface area contributed by atoms with Gasteiger partial charge in [-0.25, -0.2) is 5.43 Å². The molecule has 1 amide bonds. The monoisotopic (exact) mass is 326 g/mol. The lowest BCUT2D eigenvalue weighted by molar-refractivity contribution is 0.0952. The minimum atomic E-state index is -0.320. The zero-order chi connectivity index (χ0) is 17.2. The van der Waals surface area contributed by atoms with Crippen molar-refractivity contribution in [1.82, 2.24) is 5.43 Å². The van der Waals surface area contributed by atoms with E-state index in [4.69, 9.17) is 9.47 Å². The molecule has 5 heteroatoms. The lowest BCUT2D eigenvalue weighted by Gasteiger charge is -2.06. The molecule has 24 heavy (non-hydrogen) atoms. The van der Waals surface area contributed by atoms with Crippen LogP contribution in [0.25, 0.3) is 0 Å². The summed E-state index contributed by atoms with van der Waals surface area (Å²) in [5.41, 5.74) is 3.79. The number of nitrogens with zero attached hydrogens (tertiary/aromatic N) is 1. The van der Waals surface area contributed by atoms with Crippen LogP contribution in [0.2, 0.25) is 0 Å². The minimum Gasteiger partial charge on any atom is -0.496 e. The lowest BCUT2D eigenvalue weighted by atomic mass is 10.2. The van der Waals surface area contributed by atoms with E-state index in [0.29, 0.717) is 17.9 Å². The molecule has 0 aliphatic heterocycles. The number of ether oxygens (including phenoxy) is 2. The number of benzene rings is 2. The lowest BCUT2D eigenvalue weighted by Crippen LogP contribution is -2.18. The van der Waals surface area contributed by atoms with Crippen LogP contribution in [0.3, 0.4) is 0 Å². The smallest absolute Gasteiger partial charge is 0.275 e. The zero-order valence-corrected chi connectivity index (χ0v) is 14.0. The number of rotatable bonds is 8. The van der Waals surface area contributed by atoms with E-state index in [-0.39, 0.29) is 5.91 Å². The van der Waals surface area contributed by atoms with E-state index in [9.17, 15) is 4.79 Å². The van der Waals surface area contributed by atoms with Gasteiger partial charge in [0.25, 0.3) is 5.91 Å². The van der Waals surface area contributed by atoms with Crippen molar-refractivity contribution in [3.63, 3.8) is 0 Å². The molecule has 5 nitrogen and oxygen atoms in total. The number of para-hydroxylation sites is 1. The molecule has 2 rings (SSSR count). The van der Waals surface area contributed by atoms with Gasteiger partial charge in [0.05, 0.1) is 25.5 Å². The molecule has 2 aromatic carbocycles. The van der Waals surface area contributed by atoms with Crippen LogP contribution in [0.1, 0.15) is 35.7 Å². The number of nitrogens with one attached hydrogen (secondary N) is 1. The van der Waals surface area contributed by atoms with Crippen LogP contribution < -0.4 is 14.9 Å². The van der Waals surface area contributed by atoms with Gasteiger partial charge in [-0.2, -0.15) is 5.10 Å². The minimum absolute atomic E-state index is 0.320. The maximum Gasteiger partial charge on any atom is 0.275 e. The second-order valence-electron chi connectivity index (χ2n) is 5.17. The third kappa shape index (κ3) is 5.12. The fraction of sp³-hybridized carbons (Fsp3) is 0.263. The first kappa shape index (κ1) is 17.5. The molecule has 2 aromatic rings. The predicted octanol–water partition coefficient (Wildman–Crippen LogP) is 3.64. The Morgan fingerprint density at radius 3 is 2.83 bits per heavy atom. The molecule has 0 aliphatic rings. The van der Waals surface area contributed by atoms with Gasteiger partial charge in [0.1, 0.15) is 11.5 Å². The highest BCUT2D eigenvalue weighted by Crippen LogP contribution is 2.17. The highest BCUT2D eigenvalue weighted by molar-refractivity contribution is 5.97. The van der Waals surface area contributed by atoms with Gasteiger partial charge in [-0.05, 0) is 36.2 Å². The van der Waals surface area contributed by atoms with Crippen molar-refractivity contribution < 1.29 is 14.3 Å². The molecule has 1 N–H and O–H groups in total. The van der Waals surface area contributed by atoms with Crippen molar-refractivity contribution in [2.24, 2.45) is 5.10 Å². The molecule has 0 bridgehead atoms. The highest BCUT2D eigenvalue weighted by Gasteiger charge is 2.09. The van der Waals surface area contributed by atoms with Crippen molar-refractivity contribution >= 4 is 12.1 Å². The number of methoxy groups -OCH3 is 1. The maximum absolute atomic E-state index is 12.1. The molecule has 0 spiro atoms. The Morgan fingerprint density at radius 1 is 1.21 bits per heavy atom. The quantitative estimate of drug-likeness (QED) is 0.458. The fourth-order valence-corrected chi connectivity index (χ4v) is 2.08. The number of hydrazone groups is 1. The number of unbranched alkanes of at least 4 members (excludes halogenated alkanes) is 1.